The summed E-state index contributed by atoms with van der Waals surface area (Å²) in [6.07, 6.45) is 0.467. The summed E-state index contributed by atoms with van der Waals surface area (Å²) >= 11 is 0. The van der Waals surface area contributed by atoms with Crippen molar-refractivity contribution in [1.29, 1.82) is 0 Å². The second-order valence-electron chi connectivity index (χ2n) is 3.56. The van der Waals surface area contributed by atoms with Gasteiger partial charge in [-0.25, -0.2) is 0 Å². The van der Waals surface area contributed by atoms with Crippen LogP contribution >= 0.6 is 0 Å². The van der Waals surface area contributed by atoms with E-state index in [1.807, 2.05) is 38.1 Å². The van der Waals surface area contributed by atoms with Gasteiger partial charge in [0.1, 0.15) is 5.75 Å². The first-order chi connectivity index (χ1) is 8.27. The Morgan fingerprint density at radius 1 is 1.29 bits per heavy atom. The van der Waals surface area contributed by atoms with Gasteiger partial charge in [-0.3, -0.25) is 4.79 Å². The van der Waals surface area contributed by atoms with E-state index in [1.165, 1.54) is 0 Å². The maximum atomic E-state index is 11.3. The smallest absolute Gasteiger partial charge is 0.221 e. The van der Waals surface area contributed by atoms with Crippen molar-refractivity contribution in [2.45, 2.75) is 20.3 Å². The van der Waals surface area contributed by atoms with Crippen LogP contribution in [0.4, 0.5) is 5.69 Å². The van der Waals surface area contributed by atoms with Crippen LogP contribution in [-0.4, -0.2) is 25.6 Å². The van der Waals surface area contributed by atoms with Crippen molar-refractivity contribution in [1.82, 2.24) is 5.32 Å². The molecule has 0 unspecified atom stereocenters. The third kappa shape index (κ3) is 4.76. The van der Waals surface area contributed by atoms with E-state index in [0.29, 0.717) is 26.1 Å². The maximum absolute atomic E-state index is 11.3. The zero-order chi connectivity index (χ0) is 12.5. The number of anilines is 1. The summed E-state index contributed by atoms with van der Waals surface area (Å²) in [4.78, 5) is 11.3. The number of ether oxygens (including phenoxy) is 1. The van der Waals surface area contributed by atoms with Gasteiger partial charge in [0.2, 0.25) is 5.91 Å². The van der Waals surface area contributed by atoms with E-state index in [0.717, 1.165) is 11.4 Å². The Labute approximate surface area is 102 Å². The van der Waals surface area contributed by atoms with Crippen molar-refractivity contribution in [3.05, 3.63) is 24.3 Å². The lowest BCUT2D eigenvalue weighted by atomic mass is 10.3. The fraction of sp³-hybridized carbons (Fsp3) is 0.462. The SMILES string of the molecule is CCNC(=O)CCNc1ccccc1OCC. The minimum absolute atomic E-state index is 0.0638. The molecule has 4 nitrogen and oxygen atoms in total. The minimum atomic E-state index is 0.0638. The molecule has 0 bridgehead atoms. The zero-order valence-electron chi connectivity index (χ0n) is 10.5. The van der Waals surface area contributed by atoms with Crippen LogP contribution < -0.4 is 15.4 Å². The molecule has 0 aliphatic heterocycles. The molecule has 0 aliphatic rings. The van der Waals surface area contributed by atoms with Crippen molar-refractivity contribution >= 4 is 11.6 Å². The molecule has 17 heavy (non-hydrogen) atoms. The summed E-state index contributed by atoms with van der Waals surface area (Å²) < 4.78 is 5.48. The summed E-state index contributed by atoms with van der Waals surface area (Å²) in [5.41, 5.74) is 0.929. The van der Waals surface area contributed by atoms with Gasteiger partial charge in [-0.1, -0.05) is 12.1 Å². The molecule has 0 aromatic heterocycles. The van der Waals surface area contributed by atoms with Crippen molar-refractivity contribution in [3.63, 3.8) is 0 Å². The summed E-state index contributed by atoms with van der Waals surface area (Å²) in [6, 6.07) is 7.73. The molecule has 0 fully saturated rings. The standard InChI is InChI=1S/C13H20N2O2/c1-3-14-13(16)9-10-15-11-7-5-6-8-12(11)17-4-2/h5-8,15H,3-4,9-10H2,1-2H3,(H,14,16). The highest BCUT2D eigenvalue weighted by Crippen LogP contribution is 2.23. The molecule has 0 aliphatic carbocycles. The Kier molecular flexibility index (Phi) is 5.93. The molecule has 1 aromatic carbocycles. The largest absolute Gasteiger partial charge is 0.492 e. The number of para-hydroxylation sites is 2. The molecule has 0 saturated heterocycles. The molecule has 1 amide bonds. The van der Waals surface area contributed by atoms with Crippen LogP contribution in [0.25, 0.3) is 0 Å². The molecule has 0 spiro atoms. The van der Waals surface area contributed by atoms with Gasteiger partial charge in [-0.2, -0.15) is 0 Å². The number of rotatable bonds is 7. The highest BCUT2D eigenvalue weighted by atomic mass is 16.5. The maximum Gasteiger partial charge on any atom is 0.221 e. The van der Waals surface area contributed by atoms with Gasteiger partial charge >= 0.3 is 0 Å². The van der Waals surface area contributed by atoms with Gasteiger partial charge < -0.3 is 15.4 Å². The average molecular weight is 236 g/mol. The van der Waals surface area contributed by atoms with Gasteiger partial charge in [-0.05, 0) is 26.0 Å². The quantitative estimate of drug-likeness (QED) is 0.761. The monoisotopic (exact) mass is 236 g/mol. The summed E-state index contributed by atoms with van der Waals surface area (Å²) in [5, 5.41) is 5.96. The van der Waals surface area contributed by atoms with Gasteiger partial charge in [0.05, 0.1) is 12.3 Å². The van der Waals surface area contributed by atoms with Crippen LogP contribution in [0.15, 0.2) is 24.3 Å². The van der Waals surface area contributed by atoms with Crippen molar-refractivity contribution in [2.75, 3.05) is 25.0 Å². The summed E-state index contributed by atoms with van der Waals surface area (Å²) in [7, 11) is 0. The Hall–Kier alpha value is -1.71. The number of carbonyl (C=O) groups is 1. The molecule has 0 radical (unpaired) electrons. The van der Waals surface area contributed by atoms with E-state index in [1.54, 1.807) is 0 Å². The molecule has 0 atom stereocenters. The summed E-state index contributed by atoms with van der Waals surface area (Å²) in [5.74, 6) is 0.889. The van der Waals surface area contributed by atoms with Crippen LogP contribution in [-0.2, 0) is 4.79 Å². The predicted octanol–water partition coefficient (Wildman–Crippen LogP) is 2.02. The van der Waals surface area contributed by atoms with E-state index in [9.17, 15) is 4.79 Å². The van der Waals surface area contributed by atoms with Crippen molar-refractivity contribution < 1.29 is 9.53 Å². The lowest BCUT2D eigenvalue weighted by Crippen LogP contribution is -2.24. The molecular formula is C13H20N2O2. The van der Waals surface area contributed by atoms with E-state index in [-0.39, 0.29) is 5.91 Å². The molecule has 4 heteroatoms. The van der Waals surface area contributed by atoms with Crippen LogP contribution in [0.3, 0.4) is 0 Å². The van der Waals surface area contributed by atoms with E-state index < -0.39 is 0 Å². The Balaban J connectivity index is 2.43. The van der Waals surface area contributed by atoms with Gasteiger partial charge in [0.25, 0.3) is 0 Å². The summed E-state index contributed by atoms with van der Waals surface area (Å²) in [6.45, 7) is 5.78. The van der Waals surface area contributed by atoms with E-state index in [2.05, 4.69) is 10.6 Å². The first-order valence-electron chi connectivity index (χ1n) is 6.00. The van der Waals surface area contributed by atoms with E-state index >= 15 is 0 Å². The Bertz CT molecular complexity index is 353. The molecule has 2 N–H and O–H groups in total. The topological polar surface area (TPSA) is 50.4 Å². The van der Waals surface area contributed by atoms with E-state index in [4.69, 9.17) is 4.74 Å². The Morgan fingerprint density at radius 2 is 2.06 bits per heavy atom. The minimum Gasteiger partial charge on any atom is -0.492 e. The number of benzene rings is 1. The van der Waals surface area contributed by atoms with Gasteiger partial charge in [-0.15, -0.1) is 0 Å². The lowest BCUT2D eigenvalue weighted by Gasteiger charge is -2.11. The lowest BCUT2D eigenvalue weighted by molar-refractivity contribution is -0.120. The van der Waals surface area contributed by atoms with Crippen LogP contribution in [0.5, 0.6) is 5.75 Å². The third-order valence-electron chi connectivity index (χ3n) is 2.23. The molecule has 1 rings (SSSR count). The van der Waals surface area contributed by atoms with Gasteiger partial charge in [0, 0.05) is 19.5 Å². The molecule has 94 valence electrons. The number of hydrogen-bond donors (Lipinski definition) is 2. The molecule has 0 saturated carbocycles. The number of hydrogen-bond acceptors (Lipinski definition) is 3. The zero-order valence-corrected chi connectivity index (χ0v) is 10.5. The van der Waals surface area contributed by atoms with Crippen molar-refractivity contribution in [2.24, 2.45) is 0 Å². The normalized spacial score (nSPS) is 9.76. The second-order valence-corrected chi connectivity index (χ2v) is 3.56. The predicted molar refractivity (Wildman–Crippen MR) is 69.4 cm³/mol. The fourth-order valence-corrected chi connectivity index (χ4v) is 1.49. The molecular weight excluding hydrogens is 216 g/mol. The average Bonchev–Trinajstić information content (AvgIpc) is 2.32. The number of carbonyl (C=O) groups excluding carboxylic acids is 1. The molecule has 0 heterocycles. The number of nitrogens with one attached hydrogen (secondary N) is 2. The van der Waals surface area contributed by atoms with Crippen molar-refractivity contribution in [3.8, 4) is 5.75 Å². The number of amides is 1. The first kappa shape index (κ1) is 13.4. The third-order valence-corrected chi connectivity index (χ3v) is 2.23. The first-order valence-corrected chi connectivity index (χ1v) is 6.00. The fourth-order valence-electron chi connectivity index (χ4n) is 1.49. The highest BCUT2D eigenvalue weighted by Gasteiger charge is 2.03. The van der Waals surface area contributed by atoms with Crippen LogP contribution in [0.2, 0.25) is 0 Å². The Morgan fingerprint density at radius 3 is 2.76 bits per heavy atom. The second kappa shape index (κ2) is 7.54. The van der Waals surface area contributed by atoms with Crippen LogP contribution in [0.1, 0.15) is 20.3 Å². The van der Waals surface area contributed by atoms with Crippen LogP contribution in [0, 0.1) is 0 Å². The highest BCUT2D eigenvalue weighted by molar-refractivity contribution is 5.76. The van der Waals surface area contributed by atoms with Gasteiger partial charge in [0.15, 0.2) is 0 Å². The molecule has 1 aromatic rings.